The van der Waals surface area contributed by atoms with Gasteiger partial charge in [-0.15, -0.1) is 0 Å². The Balaban J connectivity index is 2.49. The van der Waals surface area contributed by atoms with Gasteiger partial charge in [0.1, 0.15) is 0 Å². The second-order valence-electron chi connectivity index (χ2n) is 3.81. The Kier molecular flexibility index (Phi) is 3.55. The fraction of sp³-hybridized carbons (Fsp3) is 0.0714. The first-order valence-corrected chi connectivity index (χ1v) is 5.51. The first-order valence-electron chi connectivity index (χ1n) is 5.51. The highest BCUT2D eigenvalue weighted by atomic mass is 19.4. The third kappa shape index (κ3) is 2.93. The van der Waals surface area contributed by atoms with Gasteiger partial charge in [0.25, 0.3) is 0 Å². The van der Waals surface area contributed by atoms with E-state index < -0.39 is 12.1 Å². The van der Waals surface area contributed by atoms with E-state index in [1.54, 1.807) is 36.4 Å². The van der Waals surface area contributed by atoms with E-state index in [9.17, 15) is 18.0 Å². The maximum Gasteiger partial charge on any atom is 0.472 e. The number of halogens is 3. The Labute approximate surface area is 108 Å². The Morgan fingerprint density at radius 3 is 1.47 bits per heavy atom. The lowest BCUT2D eigenvalue weighted by atomic mass is 10.2. The van der Waals surface area contributed by atoms with Crippen LogP contribution in [0.15, 0.2) is 60.7 Å². The number of benzene rings is 2. The first kappa shape index (κ1) is 13.1. The molecule has 98 valence electrons. The molecule has 0 heterocycles. The average molecular weight is 265 g/mol. The number of rotatable bonds is 2. The molecule has 0 aliphatic rings. The molecule has 1 amide bonds. The molecule has 19 heavy (non-hydrogen) atoms. The van der Waals surface area contributed by atoms with E-state index in [0.29, 0.717) is 4.90 Å². The van der Waals surface area contributed by atoms with Crippen LogP contribution in [0.4, 0.5) is 24.5 Å². The minimum Gasteiger partial charge on any atom is -0.273 e. The number of carbonyl (C=O) groups is 1. The standard InChI is InChI=1S/C14H10F3NO/c15-14(16,17)13(19)18(11-7-3-1-4-8-11)12-9-5-2-6-10-12/h1-10H. The van der Waals surface area contributed by atoms with Gasteiger partial charge in [0.2, 0.25) is 0 Å². The highest BCUT2D eigenvalue weighted by Gasteiger charge is 2.43. The van der Waals surface area contributed by atoms with Crippen molar-refractivity contribution in [1.82, 2.24) is 0 Å². The molecule has 0 unspecified atom stereocenters. The summed E-state index contributed by atoms with van der Waals surface area (Å²) in [5.74, 6) is -1.91. The molecule has 2 aromatic carbocycles. The van der Waals surface area contributed by atoms with E-state index in [2.05, 4.69) is 0 Å². The van der Waals surface area contributed by atoms with Crippen LogP contribution in [-0.4, -0.2) is 12.1 Å². The number of hydrogen-bond acceptors (Lipinski definition) is 1. The van der Waals surface area contributed by atoms with E-state index in [4.69, 9.17) is 0 Å². The molecule has 0 atom stereocenters. The van der Waals surface area contributed by atoms with Gasteiger partial charge in [0, 0.05) is 11.4 Å². The predicted molar refractivity (Wildman–Crippen MR) is 66.1 cm³/mol. The van der Waals surface area contributed by atoms with Gasteiger partial charge in [-0.05, 0) is 24.3 Å². The van der Waals surface area contributed by atoms with Crippen molar-refractivity contribution in [3.05, 3.63) is 60.7 Å². The smallest absolute Gasteiger partial charge is 0.273 e. The summed E-state index contributed by atoms with van der Waals surface area (Å²) < 4.78 is 38.0. The van der Waals surface area contributed by atoms with Crippen LogP contribution < -0.4 is 4.90 Å². The molecule has 2 nitrogen and oxygen atoms in total. The zero-order chi connectivity index (χ0) is 13.9. The largest absolute Gasteiger partial charge is 0.472 e. The summed E-state index contributed by atoms with van der Waals surface area (Å²) in [5, 5.41) is 0. The van der Waals surface area contributed by atoms with E-state index in [0.717, 1.165) is 0 Å². The molecule has 2 aromatic rings. The summed E-state index contributed by atoms with van der Waals surface area (Å²) in [6, 6.07) is 15.5. The van der Waals surface area contributed by atoms with Crippen LogP contribution in [0, 0.1) is 0 Å². The van der Waals surface area contributed by atoms with Crippen molar-refractivity contribution >= 4 is 17.3 Å². The van der Waals surface area contributed by atoms with Crippen molar-refractivity contribution < 1.29 is 18.0 Å². The van der Waals surface area contributed by atoms with Crippen molar-refractivity contribution in [3.8, 4) is 0 Å². The Morgan fingerprint density at radius 1 is 0.789 bits per heavy atom. The van der Waals surface area contributed by atoms with Crippen LogP contribution in [0.1, 0.15) is 0 Å². The summed E-state index contributed by atoms with van der Waals surface area (Å²) in [5.41, 5.74) is 0.354. The molecule has 0 N–H and O–H groups in total. The molecular formula is C14H10F3NO. The van der Waals surface area contributed by atoms with Gasteiger partial charge >= 0.3 is 12.1 Å². The van der Waals surface area contributed by atoms with E-state index in [1.165, 1.54) is 24.3 Å². The molecule has 0 bridgehead atoms. The summed E-state index contributed by atoms with van der Waals surface area (Å²) in [6.45, 7) is 0. The van der Waals surface area contributed by atoms with Crippen LogP contribution >= 0.6 is 0 Å². The summed E-state index contributed by atoms with van der Waals surface area (Å²) >= 11 is 0. The van der Waals surface area contributed by atoms with Gasteiger partial charge in [-0.2, -0.15) is 13.2 Å². The Hall–Kier alpha value is -2.30. The zero-order valence-electron chi connectivity index (χ0n) is 9.76. The van der Waals surface area contributed by atoms with Gasteiger partial charge < -0.3 is 0 Å². The normalized spacial score (nSPS) is 11.1. The third-order valence-corrected chi connectivity index (χ3v) is 2.47. The topological polar surface area (TPSA) is 20.3 Å². The maximum absolute atomic E-state index is 12.7. The summed E-state index contributed by atoms with van der Waals surface area (Å²) in [4.78, 5) is 12.2. The van der Waals surface area contributed by atoms with Crippen LogP contribution in [0.25, 0.3) is 0 Å². The lowest BCUT2D eigenvalue weighted by Gasteiger charge is -2.23. The molecule has 0 aliphatic carbocycles. The number of carbonyl (C=O) groups excluding carboxylic acids is 1. The lowest BCUT2D eigenvalue weighted by Crippen LogP contribution is -2.38. The van der Waals surface area contributed by atoms with Crippen molar-refractivity contribution in [3.63, 3.8) is 0 Å². The van der Waals surface area contributed by atoms with Gasteiger partial charge in [-0.3, -0.25) is 9.69 Å². The summed E-state index contributed by atoms with van der Waals surface area (Å²) in [6.07, 6.45) is -4.92. The highest BCUT2D eigenvalue weighted by Crippen LogP contribution is 2.30. The molecule has 0 fully saturated rings. The first-order chi connectivity index (χ1) is 9.00. The van der Waals surface area contributed by atoms with Crippen LogP contribution in [0.2, 0.25) is 0 Å². The molecule has 0 saturated carbocycles. The van der Waals surface area contributed by atoms with Crippen LogP contribution in [-0.2, 0) is 4.79 Å². The Bertz CT molecular complexity index is 512. The SMILES string of the molecule is O=C(N(c1ccccc1)c1ccccc1)C(F)(F)F. The van der Waals surface area contributed by atoms with Crippen LogP contribution in [0.5, 0.6) is 0 Å². The second kappa shape index (κ2) is 5.14. The van der Waals surface area contributed by atoms with E-state index in [-0.39, 0.29) is 11.4 Å². The van der Waals surface area contributed by atoms with Gasteiger partial charge in [-0.25, -0.2) is 0 Å². The number of hydrogen-bond donors (Lipinski definition) is 0. The third-order valence-electron chi connectivity index (χ3n) is 2.47. The molecule has 2 rings (SSSR count). The maximum atomic E-state index is 12.7. The number of nitrogens with zero attached hydrogens (tertiary/aromatic N) is 1. The molecule has 5 heteroatoms. The monoisotopic (exact) mass is 265 g/mol. The van der Waals surface area contributed by atoms with Gasteiger partial charge in [0.05, 0.1) is 0 Å². The van der Waals surface area contributed by atoms with Gasteiger partial charge in [0.15, 0.2) is 0 Å². The predicted octanol–water partition coefficient (Wildman–Crippen LogP) is 3.91. The average Bonchev–Trinajstić information content (AvgIpc) is 2.40. The number of anilines is 2. The minimum absolute atomic E-state index is 0.177. The second-order valence-corrected chi connectivity index (χ2v) is 3.81. The van der Waals surface area contributed by atoms with Crippen molar-refractivity contribution in [2.75, 3.05) is 4.90 Å². The fourth-order valence-corrected chi connectivity index (χ4v) is 1.66. The zero-order valence-corrected chi connectivity index (χ0v) is 9.76. The molecule has 0 radical (unpaired) electrons. The Morgan fingerprint density at radius 2 is 1.16 bits per heavy atom. The van der Waals surface area contributed by atoms with Crippen LogP contribution in [0.3, 0.4) is 0 Å². The fourth-order valence-electron chi connectivity index (χ4n) is 1.66. The van der Waals surface area contributed by atoms with Gasteiger partial charge in [-0.1, -0.05) is 36.4 Å². The number of alkyl halides is 3. The quantitative estimate of drug-likeness (QED) is 0.806. The number of para-hydroxylation sites is 2. The molecule has 0 spiro atoms. The number of amides is 1. The lowest BCUT2D eigenvalue weighted by molar-refractivity contribution is -0.169. The van der Waals surface area contributed by atoms with Crippen molar-refractivity contribution in [2.45, 2.75) is 6.18 Å². The summed E-state index contributed by atoms with van der Waals surface area (Å²) in [7, 11) is 0. The van der Waals surface area contributed by atoms with Crippen molar-refractivity contribution in [2.24, 2.45) is 0 Å². The molecule has 0 aliphatic heterocycles. The molecular weight excluding hydrogens is 255 g/mol. The minimum atomic E-state index is -4.92. The molecule has 0 aromatic heterocycles. The van der Waals surface area contributed by atoms with E-state index in [1.807, 2.05) is 0 Å². The molecule has 0 saturated heterocycles. The highest BCUT2D eigenvalue weighted by molar-refractivity contribution is 6.03. The van der Waals surface area contributed by atoms with E-state index >= 15 is 0 Å². The van der Waals surface area contributed by atoms with Crippen molar-refractivity contribution in [1.29, 1.82) is 0 Å².